The van der Waals surface area contributed by atoms with Crippen molar-refractivity contribution in [2.45, 2.75) is 31.7 Å². The van der Waals surface area contributed by atoms with Gasteiger partial charge in [0, 0.05) is 11.6 Å². The fourth-order valence-corrected chi connectivity index (χ4v) is 2.71. The number of aromatic hydroxyl groups is 1. The topological polar surface area (TPSA) is 83.6 Å². The number of ketones is 1. The van der Waals surface area contributed by atoms with Crippen molar-refractivity contribution in [3.05, 3.63) is 29.8 Å². The number of amides is 1. The molecule has 108 valence electrons. The lowest BCUT2D eigenvalue weighted by Crippen LogP contribution is -2.43. The summed E-state index contributed by atoms with van der Waals surface area (Å²) >= 11 is 0. The van der Waals surface area contributed by atoms with Gasteiger partial charge in [0.05, 0.1) is 13.1 Å². The number of rotatable bonds is 6. The Kier molecular flexibility index (Phi) is 4.74. The smallest absolute Gasteiger partial charge is 0.231 e. The van der Waals surface area contributed by atoms with Crippen LogP contribution in [-0.2, 0) is 4.79 Å². The van der Waals surface area contributed by atoms with E-state index in [4.69, 9.17) is 5.73 Å². The van der Waals surface area contributed by atoms with Crippen LogP contribution >= 0.6 is 0 Å². The second-order valence-corrected chi connectivity index (χ2v) is 5.28. The molecule has 1 aliphatic carbocycles. The molecule has 5 heteroatoms. The van der Waals surface area contributed by atoms with Gasteiger partial charge in [-0.1, -0.05) is 12.8 Å². The van der Waals surface area contributed by atoms with Gasteiger partial charge in [0.15, 0.2) is 5.78 Å². The third-order valence-corrected chi connectivity index (χ3v) is 3.74. The highest BCUT2D eigenvalue weighted by Gasteiger charge is 2.25. The average Bonchev–Trinajstić information content (AvgIpc) is 2.92. The second-order valence-electron chi connectivity index (χ2n) is 5.28. The number of nitrogens with two attached hydrogens (primary N) is 1. The molecule has 0 heterocycles. The molecule has 0 aliphatic heterocycles. The Hall–Kier alpha value is -1.88. The maximum absolute atomic E-state index is 12.2. The summed E-state index contributed by atoms with van der Waals surface area (Å²) in [7, 11) is 0. The molecule has 0 spiro atoms. The van der Waals surface area contributed by atoms with Crippen LogP contribution in [0.15, 0.2) is 24.3 Å². The maximum Gasteiger partial charge on any atom is 0.231 e. The molecule has 0 atom stereocenters. The van der Waals surface area contributed by atoms with Gasteiger partial charge in [-0.05, 0) is 37.1 Å². The Balaban J connectivity index is 2.04. The van der Waals surface area contributed by atoms with Crippen molar-refractivity contribution in [3.63, 3.8) is 0 Å². The van der Waals surface area contributed by atoms with Crippen molar-refractivity contribution in [2.24, 2.45) is 5.73 Å². The number of benzene rings is 1. The number of phenols is 1. The van der Waals surface area contributed by atoms with E-state index in [9.17, 15) is 14.7 Å². The fraction of sp³-hybridized carbons (Fsp3) is 0.467. The van der Waals surface area contributed by atoms with Crippen LogP contribution < -0.4 is 5.73 Å². The van der Waals surface area contributed by atoms with E-state index in [2.05, 4.69) is 0 Å². The number of primary amides is 1. The van der Waals surface area contributed by atoms with E-state index in [1.165, 1.54) is 12.1 Å². The van der Waals surface area contributed by atoms with Gasteiger partial charge < -0.3 is 10.8 Å². The van der Waals surface area contributed by atoms with Crippen molar-refractivity contribution in [3.8, 4) is 5.75 Å². The van der Waals surface area contributed by atoms with E-state index in [1.807, 2.05) is 4.90 Å². The summed E-state index contributed by atoms with van der Waals surface area (Å²) in [5, 5.41) is 9.23. The summed E-state index contributed by atoms with van der Waals surface area (Å²) in [6, 6.07) is 6.43. The molecule has 1 saturated carbocycles. The van der Waals surface area contributed by atoms with Crippen LogP contribution in [0.2, 0.25) is 0 Å². The molecular formula is C15H20N2O3. The van der Waals surface area contributed by atoms with Crippen LogP contribution in [0.5, 0.6) is 5.75 Å². The summed E-state index contributed by atoms with van der Waals surface area (Å²) < 4.78 is 0. The molecule has 20 heavy (non-hydrogen) atoms. The number of hydrogen-bond donors (Lipinski definition) is 2. The predicted molar refractivity (Wildman–Crippen MR) is 75.5 cm³/mol. The molecule has 1 aromatic carbocycles. The van der Waals surface area contributed by atoms with Crippen LogP contribution in [0.25, 0.3) is 0 Å². The first-order valence-electron chi connectivity index (χ1n) is 6.91. The van der Waals surface area contributed by atoms with Gasteiger partial charge in [-0.2, -0.15) is 0 Å². The molecule has 1 aromatic rings. The quantitative estimate of drug-likeness (QED) is 0.767. The van der Waals surface area contributed by atoms with E-state index in [0.717, 1.165) is 25.7 Å². The standard InChI is InChI=1S/C15H20N2O3/c16-15(20)10-17(12-3-1-2-4-12)9-14(19)11-5-7-13(18)8-6-11/h5-8,12,18H,1-4,9-10H2,(H2,16,20). The average molecular weight is 276 g/mol. The van der Waals surface area contributed by atoms with Crippen LogP contribution in [0, 0.1) is 0 Å². The lowest BCUT2D eigenvalue weighted by molar-refractivity contribution is -0.119. The molecule has 0 aromatic heterocycles. The highest BCUT2D eigenvalue weighted by Crippen LogP contribution is 2.23. The summed E-state index contributed by atoms with van der Waals surface area (Å²) in [5.74, 6) is -0.333. The largest absolute Gasteiger partial charge is 0.508 e. The first kappa shape index (κ1) is 14.5. The van der Waals surface area contributed by atoms with E-state index in [0.29, 0.717) is 5.56 Å². The number of hydrogen-bond acceptors (Lipinski definition) is 4. The summed E-state index contributed by atoms with van der Waals surface area (Å²) in [5.41, 5.74) is 5.81. The molecule has 1 aliphatic rings. The molecule has 0 bridgehead atoms. The first-order valence-corrected chi connectivity index (χ1v) is 6.91. The summed E-state index contributed by atoms with van der Waals surface area (Å²) in [6.45, 7) is 0.312. The zero-order valence-electron chi connectivity index (χ0n) is 11.4. The zero-order valence-corrected chi connectivity index (χ0v) is 11.4. The van der Waals surface area contributed by atoms with E-state index in [-0.39, 0.29) is 30.7 Å². The van der Waals surface area contributed by atoms with Crippen LogP contribution in [0.3, 0.4) is 0 Å². The lowest BCUT2D eigenvalue weighted by atomic mass is 10.1. The fourth-order valence-electron chi connectivity index (χ4n) is 2.71. The molecule has 2 rings (SSSR count). The second kappa shape index (κ2) is 6.52. The van der Waals surface area contributed by atoms with Crippen LogP contribution in [0.1, 0.15) is 36.0 Å². The van der Waals surface area contributed by atoms with Gasteiger partial charge in [-0.3, -0.25) is 14.5 Å². The third kappa shape index (κ3) is 3.81. The molecule has 5 nitrogen and oxygen atoms in total. The number of Topliss-reactive ketones (excluding diaryl/α,β-unsaturated/α-hetero) is 1. The molecule has 0 radical (unpaired) electrons. The molecular weight excluding hydrogens is 256 g/mol. The number of nitrogens with zero attached hydrogens (tertiary/aromatic N) is 1. The van der Waals surface area contributed by atoms with E-state index in [1.54, 1.807) is 12.1 Å². The van der Waals surface area contributed by atoms with E-state index >= 15 is 0 Å². The Bertz CT molecular complexity index is 478. The van der Waals surface area contributed by atoms with Gasteiger partial charge in [0.1, 0.15) is 5.75 Å². The van der Waals surface area contributed by atoms with Crippen molar-refractivity contribution in [1.82, 2.24) is 4.90 Å². The summed E-state index contributed by atoms with van der Waals surface area (Å²) in [6.07, 6.45) is 4.28. The minimum absolute atomic E-state index is 0.0573. The SMILES string of the molecule is NC(=O)CN(CC(=O)c1ccc(O)cc1)C1CCCC1. The Morgan fingerprint density at radius 3 is 2.30 bits per heavy atom. The number of carbonyl (C=O) groups excluding carboxylic acids is 2. The molecule has 1 amide bonds. The maximum atomic E-state index is 12.2. The van der Waals surface area contributed by atoms with E-state index < -0.39 is 5.91 Å². The van der Waals surface area contributed by atoms with Crippen LogP contribution in [-0.4, -0.2) is 40.8 Å². The Labute approximate surface area is 118 Å². The van der Waals surface area contributed by atoms with Crippen molar-refractivity contribution < 1.29 is 14.7 Å². The minimum Gasteiger partial charge on any atom is -0.508 e. The normalized spacial score (nSPS) is 15.7. The third-order valence-electron chi connectivity index (χ3n) is 3.74. The first-order chi connectivity index (χ1) is 9.56. The zero-order chi connectivity index (χ0) is 14.5. The number of phenolic OH excluding ortho intramolecular Hbond substituents is 1. The highest BCUT2D eigenvalue weighted by atomic mass is 16.3. The lowest BCUT2D eigenvalue weighted by Gasteiger charge is -2.26. The monoisotopic (exact) mass is 276 g/mol. The minimum atomic E-state index is -0.407. The molecule has 0 unspecified atom stereocenters. The van der Waals surface area contributed by atoms with Crippen molar-refractivity contribution >= 4 is 11.7 Å². The van der Waals surface area contributed by atoms with Crippen molar-refractivity contribution in [2.75, 3.05) is 13.1 Å². The van der Waals surface area contributed by atoms with Gasteiger partial charge in [-0.25, -0.2) is 0 Å². The van der Waals surface area contributed by atoms with Gasteiger partial charge in [0.25, 0.3) is 0 Å². The molecule has 1 fully saturated rings. The predicted octanol–water partition coefficient (Wildman–Crippen LogP) is 1.30. The summed E-state index contributed by atoms with van der Waals surface area (Å²) in [4.78, 5) is 25.3. The Morgan fingerprint density at radius 1 is 1.15 bits per heavy atom. The molecule has 0 saturated heterocycles. The number of carbonyl (C=O) groups is 2. The highest BCUT2D eigenvalue weighted by molar-refractivity contribution is 5.98. The van der Waals surface area contributed by atoms with Gasteiger partial charge in [0.2, 0.25) is 5.91 Å². The van der Waals surface area contributed by atoms with Crippen LogP contribution in [0.4, 0.5) is 0 Å². The van der Waals surface area contributed by atoms with Gasteiger partial charge >= 0.3 is 0 Å². The van der Waals surface area contributed by atoms with Gasteiger partial charge in [-0.15, -0.1) is 0 Å². The Morgan fingerprint density at radius 2 is 1.75 bits per heavy atom. The molecule has 3 N–H and O–H groups in total. The van der Waals surface area contributed by atoms with Crippen molar-refractivity contribution in [1.29, 1.82) is 0 Å².